The molecule has 2 heterocycles. The highest BCUT2D eigenvalue weighted by Gasteiger charge is 2.26. The second-order valence-corrected chi connectivity index (χ2v) is 4.38. The first-order chi connectivity index (χ1) is 6.29. The van der Waals surface area contributed by atoms with E-state index in [0.717, 1.165) is 0 Å². The quantitative estimate of drug-likeness (QED) is 0.626. The molecule has 0 amide bonds. The lowest BCUT2D eigenvalue weighted by molar-refractivity contribution is 0.755. The largest absolute Gasteiger partial charge is 0.250 e. The highest BCUT2D eigenvalue weighted by molar-refractivity contribution is 8.00. The van der Waals surface area contributed by atoms with E-state index >= 15 is 0 Å². The first-order valence-electron chi connectivity index (χ1n) is 4.90. The maximum absolute atomic E-state index is 4.32. The Morgan fingerprint density at radius 3 is 2.62 bits per heavy atom. The van der Waals surface area contributed by atoms with Crippen molar-refractivity contribution in [3.05, 3.63) is 23.9 Å². The fraction of sp³-hybridized carbons (Fsp3) is 0.545. The fourth-order valence-electron chi connectivity index (χ4n) is 1.38. The summed E-state index contributed by atoms with van der Waals surface area (Å²) in [4.78, 5) is 4.32. The van der Waals surface area contributed by atoms with Crippen LogP contribution in [0, 0.1) is 0 Å². The van der Waals surface area contributed by atoms with Crippen LogP contribution in [-0.2, 0) is 0 Å². The monoisotopic (exact) mass is 195 g/mol. The van der Waals surface area contributed by atoms with E-state index in [1.54, 1.807) is 0 Å². The van der Waals surface area contributed by atoms with Gasteiger partial charge in [0.1, 0.15) is 0 Å². The third-order valence-corrected chi connectivity index (χ3v) is 3.64. The Bertz CT molecular complexity index is 273. The third kappa shape index (κ3) is 2.05. The minimum absolute atomic E-state index is 0.670. The molecule has 1 aliphatic heterocycles. The summed E-state index contributed by atoms with van der Waals surface area (Å²) in [5.41, 5.74) is 1.42. The molecule has 1 aromatic rings. The topological polar surface area (TPSA) is 12.9 Å². The maximum atomic E-state index is 4.32. The van der Waals surface area contributed by atoms with Crippen LogP contribution in [0.15, 0.2) is 23.4 Å². The van der Waals surface area contributed by atoms with Crippen molar-refractivity contribution in [2.45, 2.75) is 43.9 Å². The number of hydrogen-bond donors (Lipinski definition) is 0. The summed E-state index contributed by atoms with van der Waals surface area (Å²) in [6.45, 7) is 8.53. The Hall–Kier alpha value is -0.500. The Morgan fingerprint density at radius 1 is 1.31 bits per heavy atom. The van der Waals surface area contributed by atoms with Gasteiger partial charge in [0.05, 0.1) is 5.03 Å². The summed E-state index contributed by atoms with van der Waals surface area (Å²) >= 11 is 1.89. The number of aromatic nitrogens is 1. The Balaban J connectivity index is 0.000000396. The Labute approximate surface area is 85.0 Å². The van der Waals surface area contributed by atoms with E-state index in [1.807, 2.05) is 37.9 Å². The molecule has 1 aliphatic rings. The molecular weight excluding hydrogens is 178 g/mol. The number of pyridine rings is 1. The first-order valence-corrected chi connectivity index (χ1v) is 5.78. The average Bonchev–Trinajstić information content (AvgIpc) is 2.47. The normalized spacial score (nSPS) is 24.6. The van der Waals surface area contributed by atoms with Gasteiger partial charge in [-0.25, -0.2) is 4.98 Å². The summed E-state index contributed by atoms with van der Waals surface area (Å²) in [5, 5.41) is 1.92. The molecule has 0 spiro atoms. The fourth-order valence-corrected chi connectivity index (χ4v) is 2.59. The van der Waals surface area contributed by atoms with Crippen molar-refractivity contribution in [1.82, 2.24) is 4.98 Å². The van der Waals surface area contributed by atoms with Crippen molar-refractivity contribution in [2.75, 3.05) is 0 Å². The van der Waals surface area contributed by atoms with Crippen LogP contribution in [0.1, 0.15) is 39.2 Å². The lowest BCUT2D eigenvalue weighted by Gasteiger charge is -2.06. The van der Waals surface area contributed by atoms with E-state index in [-0.39, 0.29) is 0 Å². The van der Waals surface area contributed by atoms with Crippen LogP contribution in [0.25, 0.3) is 0 Å². The highest BCUT2D eigenvalue weighted by Crippen LogP contribution is 2.43. The molecule has 2 unspecified atom stereocenters. The molecule has 72 valence electrons. The van der Waals surface area contributed by atoms with Crippen molar-refractivity contribution in [1.29, 1.82) is 0 Å². The van der Waals surface area contributed by atoms with Gasteiger partial charge >= 0.3 is 0 Å². The lowest BCUT2D eigenvalue weighted by Crippen LogP contribution is -1.99. The summed E-state index contributed by atoms with van der Waals surface area (Å²) in [6, 6.07) is 4.21. The second-order valence-electron chi connectivity index (χ2n) is 3.01. The summed E-state index contributed by atoms with van der Waals surface area (Å²) in [6.07, 6.45) is 1.87. The average molecular weight is 195 g/mol. The van der Waals surface area contributed by atoms with Crippen molar-refractivity contribution >= 4 is 11.8 Å². The summed E-state index contributed by atoms with van der Waals surface area (Å²) < 4.78 is 0. The van der Waals surface area contributed by atoms with Crippen LogP contribution in [0.4, 0.5) is 0 Å². The van der Waals surface area contributed by atoms with Gasteiger partial charge in [-0.3, -0.25) is 0 Å². The van der Waals surface area contributed by atoms with Gasteiger partial charge in [-0.1, -0.05) is 33.8 Å². The van der Waals surface area contributed by atoms with Crippen LogP contribution in [0.3, 0.4) is 0 Å². The van der Waals surface area contributed by atoms with Crippen LogP contribution in [-0.4, -0.2) is 10.2 Å². The molecule has 0 bridgehead atoms. The van der Waals surface area contributed by atoms with Crippen molar-refractivity contribution in [3.8, 4) is 0 Å². The van der Waals surface area contributed by atoms with Crippen LogP contribution < -0.4 is 0 Å². The molecule has 1 nitrogen and oxygen atoms in total. The van der Waals surface area contributed by atoms with E-state index in [0.29, 0.717) is 11.2 Å². The molecule has 0 saturated carbocycles. The van der Waals surface area contributed by atoms with Gasteiger partial charge in [-0.2, -0.15) is 0 Å². The molecule has 13 heavy (non-hydrogen) atoms. The van der Waals surface area contributed by atoms with Gasteiger partial charge < -0.3 is 0 Å². The van der Waals surface area contributed by atoms with Crippen molar-refractivity contribution in [3.63, 3.8) is 0 Å². The van der Waals surface area contributed by atoms with Gasteiger partial charge in [-0.05, 0) is 17.5 Å². The van der Waals surface area contributed by atoms with Crippen LogP contribution in [0.5, 0.6) is 0 Å². The highest BCUT2D eigenvalue weighted by atomic mass is 32.2. The molecule has 2 heteroatoms. The number of rotatable bonds is 0. The van der Waals surface area contributed by atoms with Crippen molar-refractivity contribution < 1.29 is 0 Å². The van der Waals surface area contributed by atoms with E-state index in [9.17, 15) is 0 Å². The third-order valence-electron chi connectivity index (χ3n) is 2.29. The van der Waals surface area contributed by atoms with E-state index in [4.69, 9.17) is 0 Å². The predicted octanol–water partition coefficient (Wildman–Crippen LogP) is 3.71. The van der Waals surface area contributed by atoms with Gasteiger partial charge in [0.25, 0.3) is 0 Å². The minimum atomic E-state index is 0.670. The van der Waals surface area contributed by atoms with Gasteiger partial charge in [0.15, 0.2) is 0 Å². The molecule has 0 radical (unpaired) electrons. The summed E-state index contributed by atoms with van der Waals surface area (Å²) in [7, 11) is 0. The molecule has 2 atom stereocenters. The maximum Gasteiger partial charge on any atom is 0.0997 e. The number of thioether (sulfide) groups is 1. The van der Waals surface area contributed by atoms with Crippen molar-refractivity contribution in [2.24, 2.45) is 0 Å². The zero-order valence-corrected chi connectivity index (χ0v) is 9.56. The smallest absolute Gasteiger partial charge is 0.0997 e. The predicted molar refractivity (Wildman–Crippen MR) is 59.3 cm³/mol. The van der Waals surface area contributed by atoms with Gasteiger partial charge in [0.2, 0.25) is 0 Å². The zero-order valence-electron chi connectivity index (χ0n) is 8.74. The van der Waals surface area contributed by atoms with E-state index in [2.05, 4.69) is 24.9 Å². The molecule has 0 aromatic carbocycles. The molecular formula is C11H17NS. The molecule has 2 rings (SSSR count). The number of fused-ring (bicyclic) bond motifs is 1. The van der Waals surface area contributed by atoms with Crippen LogP contribution >= 0.6 is 11.8 Å². The van der Waals surface area contributed by atoms with Gasteiger partial charge in [-0.15, -0.1) is 11.8 Å². The molecule has 1 aromatic heterocycles. The second kappa shape index (κ2) is 4.66. The Kier molecular flexibility index (Phi) is 3.79. The Morgan fingerprint density at radius 2 is 2.00 bits per heavy atom. The number of hydrogen-bond acceptors (Lipinski definition) is 2. The summed E-state index contributed by atoms with van der Waals surface area (Å²) in [5.74, 6) is 0.670. The lowest BCUT2D eigenvalue weighted by atomic mass is 10.0. The van der Waals surface area contributed by atoms with Crippen LogP contribution in [0.2, 0.25) is 0 Å². The molecule has 0 saturated heterocycles. The minimum Gasteiger partial charge on any atom is -0.250 e. The first kappa shape index (κ1) is 10.6. The van der Waals surface area contributed by atoms with Gasteiger partial charge in [0, 0.05) is 11.4 Å². The molecule has 0 aliphatic carbocycles. The molecule has 0 fully saturated rings. The zero-order chi connectivity index (χ0) is 9.84. The standard InChI is InChI=1S/C9H11NS.C2H6/c1-6-7(2)11-9-8(6)4-3-5-10-9;1-2/h3-7H,1-2H3;1-2H3. The SMILES string of the molecule is CC.CC1Sc2ncccc2C1C. The van der Waals surface area contributed by atoms with E-state index in [1.165, 1.54) is 10.6 Å². The molecule has 0 N–H and O–H groups in total. The van der Waals surface area contributed by atoms with E-state index < -0.39 is 0 Å². The number of nitrogens with zero attached hydrogens (tertiary/aromatic N) is 1.